The van der Waals surface area contributed by atoms with Crippen LogP contribution in [0.5, 0.6) is 0 Å². The maximum absolute atomic E-state index is 15.0. The second-order valence-corrected chi connectivity index (χ2v) is 10.6. The van der Waals surface area contributed by atoms with Gasteiger partial charge in [-0.2, -0.15) is 0 Å². The molecule has 0 unspecified atom stereocenters. The Balaban J connectivity index is 1.97. The molecule has 2 amide bonds. The number of hydrogen-bond donors (Lipinski definition) is 2. The maximum Gasteiger partial charge on any atom is 0.413 e. The third-order valence-electron chi connectivity index (χ3n) is 4.61. The molecule has 2 N–H and O–H groups in total. The Morgan fingerprint density at radius 3 is 2.26 bits per heavy atom. The van der Waals surface area contributed by atoms with Crippen LogP contribution >= 0.6 is 11.6 Å². The Bertz CT molecular complexity index is 1150. The van der Waals surface area contributed by atoms with Crippen LogP contribution < -0.4 is 10.6 Å². The van der Waals surface area contributed by atoms with E-state index in [9.17, 15) is 9.59 Å². The number of carbonyl (C=O) groups is 2. The number of nitrogens with zero attached hydrogens (tertiary/aromatic N) is 3. The third kappa shape index (κ3) is 6.25. The summed E-state index contributed by atoms with van der Waals surface area (Å²) >= 11 is 6.10. The first kappa shape index (κ1) is 25.5. The number of aliphatic imine (C=N–C) groups is 1. The zero-order valence-corrected chi connectivity index (χ0v) is 21.0. The van der Waals surface area contributed by atoms with Gasteiger partial charge in [0.2, 0.25) is 0 Å². The highest BCUT2D eigenvalue weighted by molar-refractivity contribution is 6.29. The Morgan fingerprint density at radius 2 is 1.68 bits per heavy atom. The van der Waals surface area contributed by atoms with Crippen LogP contribution in [0.2, 0.25) is 5.15 Å². The van der Waals surface area contributed by atoms with Crippen molar-refractivity contribution in [1.29, 1.82) is 0 Å². The van der Waals surface area contributed by atoms with Gasteiger partial charge in [-0.1, -0.05) is 11.6 Å². The lowest BCUT2D eigenvalue weighted by Gasteiger charge is -2.32. The molecule has 0 radical (unpaired) electrons. The van der Waals surface area contributed by atoms with E-state index >= 15 is 4.39 Å². The molecular weight excluding hydrogens is 465 g/mol. The van der Waals surface area contributed by atoms with Crippen molar-refractivity contribution >= 4 is 35.3 Å². The smallest absolute Gasteiger partial charge is 0.413 e. The minimum atomic E-state index is -1.17. The number of alkyl carbamates (subject to hydrolysis) is 1. The molecule has 0 fully saturated rings. The van der Waals surface area contributed by atoms with Crippen molar-refractivity contribution in [2.24, 2.45) is 4.99 Å². The van der Waals surface area contributed by atoms with Crippen molar-refractivity contribution in [1.82, 2.24) is 14.9 Å². The number of fused-ring (bicyclic) bond motifs is 1. The molecule has 184 valence electrons. The number of rotatable bonds is 2. The van der Waals surface area contributed by atoms with Gasteiger partial charge in [-0.15, -0.1) is 0 Å². The van der Waals surface area contributed by atoms with E-state index in [1.807, 2.05) is 0 Å². The van der Waals surface area contributed by atoms with Crippen LogP contribution in [0, 0.1) is 5.82 Å². The lowest BCUT2D eigenvalue weighted by Crippen LogP contribution is -2.43. The van der Waals surface area contributed by atoms with Gasteiger partial charge in [0.15, 0.2) is 11.7 Å². The maximum atomic E-state index is 15.0. The summed E-state index contributed by atoms with van der Waals surface area (Å²) in [6, 6.07) is 4.15. The predicted octanol–water partition coefficient (Wildman–Crippen LogP) is 5.22. The molecule has 2 aromatic rings. The zero-order chi connectivity index (χ0) is 25.5. The molecule has 1 aliphatic rings. The van der Waals surface area contributed by atoms with Gasteiger partial charge in [-0.05, 0) is 66.7 Å². The molecule has 34 heavy (non-hydrogen) atoms. The number of halogens is 2. The fourth-order valence-electron chi connectivity index (χ4n) is 3.42. The second-order valence-electron chi connectivity index (χ2n) is 10.2. The molecule has 0 aliphatic carbocycles. The highest BCUT2D eigenvalue weighted by Crippen LogP contribution is 2.35. The first-order chi connectivity index (χ1) is 15.5. The highest BCUT2D eigenvalue weighted by atomic mass is 35.5. The molecule has 0 spiro atoms. The minimum Gasteiger partial charge on any atom is -0.444 e. The van der Waals surface area contributed by atoms with E-state index in [4.69, 9.17) is 21.1 Å². The molecule has 3 rings (SSSR count). The second kappa shape index (κ2) is 8.90. The van der Waals surface area contributed by atoms with E-state index in [2.05, 4.69) is 20.6 Å². The van der Waals surface area contributed by atoms with Crippen LogP contribution in [0.15, 0.2) is 29.4 Å². The number of aromatic nitrogens is 2. The SMILES string of the molecule is CC(C)(C)OC(=O)NC1=N[C@](C)(c2cc(NC(=O)OC(C)(C)C)ccc2F)Cn2cc(Cl)nc21. The van der Waals surface area contributed by atoms with Crippen LogP contribution in [0.1, 0.15) is 59.9 Å². The van der Waals surface area contributed by atoms with Crippen molar-refractivity contribution in [2.75, 3.05) is 5.32 Å². The monoisotopic (exact) mass is 493 g/mol. The molecule has 0 saturated heterocycles. The van der Waals surface area contributed by atoms with Gasteiger partial charge >= 0.3 is 12.2 Å². The summed E-state index contributed by atoms with van der Waals surface area (Å²) in [5.74, 6) is -0.135. The average molecular weight is 494 g/mol. The molecule has 9 nitrogen and oxygen atoms in total. The molecule has 0 bridgehead atoms. The standard InChI is InChI=1S/C23H29ClFN5O4/c1-21(2,3)33-19(31)26-13-8-9-15(25)14(10-13)23(7)12-30-11-16(24)27-18(30)17(29-23)28-20(32)34-22(4,5)6/h8-11H,12H2,1-7H3,(H,26,31)(H,28,29,32)/t23-/m0/s1. The average Bonchev–Trinajstić information content (AvgIpc) is 3.00. The van der Waals surface area contributed by atoms with Crippen molar-refractivity contribution in [3.05, 3.63) is 46.8 Å². The summed E-state index contributed by atoms with van der Waals surface area (Å²) in [4.78, 5) is 33.5. The number of nitrogens with one attached hydrogen (secondary N) is 2. The first-order valence-electron chi connectivity index (χ1n) is 10.7. The van der Waals surface area contributed by atoms with Gasteiger partial charge in [0.25, 0.3) is 0 Å². The van der Waals surface area contributed by atoms with Crippen LogP contribution in [0.25, 0.3) is 0 Å². The van der Waals surface area contributed by atoms with Gasteiger partial charge in [0, 0.05) is 17.4 Å². The van der Waals surface area contributed by atoms with Crippen molar-refractivity contribution < 1.29 is 23.5 Å². The van der Waals surface area contributed by atoms with E-state index < -0.39 is 34.7 Å². The predicted molar refractivity (Wildman–Crippen MR) is 127 cm³/mol. The third-order valence-corrected chi connectivity index (χ3v) is 4.79. The molecule has 1 aromatic carbocycles. The summed E-state index contributed by atoms with van der Waals surface area (Å²) in [6.45, 7) is 12.3. The van der Waals surface area contributed by atoms with Crippen molar-refractivity contribution in [3.8, 4) is 0 Å². The van der Waals surface area contributed by atoms with Gasteiger partial charge in [0.05, 0.1) is 6.54 Å². The van der Waals surface area contributed by atoms with Gasteiger partial charge in [-0.3, -0.25) is 15.6 Å². The largest absolute Gasteiger partial charge is 0.444 e. The summed E-state index contributed by atoms with van der Waals surface area (Å²) in [6.07, 6.45) is 0.168. The van der Waals surface area contributed by atoms with Gasteiger partial charge < -0.3 is 14.0 Å². The summed E-state index contributed by atoms with van der Waals surface area (Å²) in [7, 11) is 0. The van der Waals surface area contributed by atoms with Crippen molar-refractivity contribution in [3.63, 3.8) is 0 Å². The molecular formula is C23H29ClFN5O4. The molecule has 1 aliphatic heterocycles. The quantitative estimate of drug-likeness (QED) is 0.596. The van der Waals surface area contributed by atoms with Crippen LogP contribution in [-0.2, 0) is 21.6 Å². The number of amides is 2. The van der Waals surface area contributed by atoms with Gasteiger partial charge in [0.1, 0.15) is 27.7 Å². The number of benzene rings is 1. The van der Waals surface area contributed by atoms with Crippen LogP contribution in [0.3, 0.4) is 0 Å². The zero-order valence-electron chi connectivity index (χ0n) is 20.2. The summed E-state index contributed by atoms with van der Waals surface area (Å²) < 4.78 is 27.3. The fourth-order valence-corrected chi connectivity index (χ4v) is 3.62. The number of amidine groups is 1. The number of ether oxygens (including phenoxy) is 2. The number of hydrogen-bond acceptors (Lipinski definition) is 6. The van der Waals surface area contributed by atoms with E-state index in [-0.39, 0.29) is 23.1 Å². The van der Waals surface area contributed by atoms with Gasteiger partial charge in [-0.25, -0.2) is 19.0 Å². The molecule has 0 saturated carbocycles. The summed E-state index contributed by atoms with van der Waals surface area (Å²) in [5, 5.41) is 5.40. The lowest BCUT2D eigenvalue weighted by atomic mass is 9.90. The topological polar surface area (TPSA) is 107 Å². The van der Waals surface area contributed by atoms with E-state index in [0.717, 1.165) is 0 Å². The van der Waals surface area contributed by atoms with Crippen molar-refractivity contribution in [2.45, 2.75) is 71.8 Å². The molecule has 1 aromatic heterocycles. The Morgan fingerprint density at radius 1 is 1.09 bits per heavy atom. The lowest BCUT2D eigenvalue weighted by molar-refractivity contribution is 0.0560. The number of anilines is 1. The molecule has 11 heteroatoms. The number of carbonyl (C=O) groups excluding carboxylic acids is 2. The molecule has 2 heterocycles. The first-order valence-corrected chi connectivity index (χ1v) is 11.1. The summed E-state index contributed by atoms with van der Waals surface area (Å²) in [5.41, 5.74) is -2.06. The Kier molecular flexibility index (Phi) is 6.67. The highest BCUT2D eigenvalue weighted by Gasteiger charge is 2.37. The minimum absolute atomic E-state index is 0.0832. The van der Waals surface area contributed by atoms with Crippen LogP contribution in [-0.4, -0.2) is 38.8 Å². The molecule has 1 atom stereocenters. The van der Waals surface area contributed by atoms with Crippen LogP contribution in [0.4, 0.5) is 19.7 Å². The fraction of sp³-hybridized carbons (Fsp3) is 0.478. The van der Waals surface area contributed by atoms with E-state index in [0.29, 0.717) is 11.5 Å². The van der Waals surface area contributed by atoms with E-state index in [1.54, 1.807) is 59.2 Å². The number of imidazole rings is 1. The Labute approximate surface area is 202 Å². The Hall–Kier alpha value is -3.14. The normalized spacial score (nSPS) is 18.0. The van der Waals surface area contributed by atoms with E-state index in [1.165, 1.54) is 18.2 Å².